The van der Waals surface area contributed by atoms with Crippen molar-refractivity contribution in [3.63, 3.8) is 0 Å². The highest BCUT2D eigenvalue weighted by molar-refractivity contribution is 6.25. The van der Waals surface area contributed by atoms with Gasteiger partial charge in [-0.05, 0) is 27.0 Å². The van der Waals surface area contributed by atoms with Gasteiger partial charge in [-0.25, -0.2) is 4.79 Å². The van der Waals surface area contributed by atoms with Crippen molar-refractivity contribution in [3.8, 4) is 0 Å². The number of carbonyl (C=O) groups excluding carboxylic acids is 3. The predicted molar refractivity (Wildman–Crippen MR) is 68.8 cm³/mol. The van der Waals surface area contributed by atoms with E-state index in [0.29, 0.717) is 6.21 Å². The zero-order valence-corrected chi connectivity index (χ0v) is 10.7. The summed E-state index contributed by atoms with van der Waals surface area (Å²) in [6, 6.07) is -1.60. The molecule has 2 atom stereocenters. The summed E-state index contributed by atoms with van der Waals surface area (Å²) in [6.07, 6.45) is -4.23. The summed E-state index contributed by atoms with van der Waals surface area (Å²) in [5.74, 6) is -3.14. The Kier molecular flexibility index (Phi) is 4.38. The molecule has 0 bridgehead atoms. The van der Waals surface area contributed by atoms with E-state index in [9.17, 15) is 19.5 Å². The molecular formula is C12H19N3O5. The second-order valence-electron chi connectivity index (χ2n) is 3.80. The van der Waals surface area contributed by atoms with Crippen molar-refractivity contribution in [2.45, 2.75) is 51.7 Å². The summed E-state index contributed by atoms with van der Waals surface area (Å²) in [7, 11) is 0. The molecule has 8 nitrogen and oxygen atoms in total. The van der Waals surface area contributed by atoms with E-state index in [2.05, 4.69) is 9.53 Å². The minimum Gasteiger partial charge on any atom is -0.461 e. The highest BCUT2D eigenvalue weighted by Crippen LogP contribution is 2.03. The van der Waals surface area contributed by atoms with Gasteiger partial charge in [0.25, 0.3) is 0 Å². The molecule has 2 N–H and O–H groups in total. The van der Waals surface area contributed by atoms with Crippen LogP contribution in [0.25, 0.3) is 5.53 Å². The predicted octanol–water partition coefficient (Wildman–Crippen LogP) is -0.546. The van der Waals surface area contributed by atoms with E-state index in [4.69, 9.17) is 13.8 Å². The van der Waals surface area contributed by atoms with Gasteiger partial charge < -0.3 is 20.7 Å². The maximum absolute atomic E-state index is 12.2. The summed E-state index contributed by atoms with van der Waals surface area (Å²) in [6.45, 7) is -5.22. The lowest BCUT2D eigenvalue weighted by Crippen LogP contribution is -2.46. The molecule has 0 fully saturated rings. The molecule has 0 unspecified atom stereocenters. The third-order valence-corrected chi connectivity index (χ3v) is 2.10. The fourth-order valence-corrected chi connectivity index (χ4v) is 1.16. The smallest absolute Gasteiger partial charge is 0.328 e. The van der Waals surface area contributed by atoms with Crippen molar-refractivity contribution in [2.75, 3.05) is 0 Å². The van der Waals surface area contributed by atoms with Crippen molar-refractivity contribution < 1.29 is 37.2 Å². The number of amides is 1. The number of aliphatic hydroxyl groups is 1. The van der Waals surface area contributed by atoms with Gasteiger partial charge in [-0.1, -0.05) is 0 Å². The number of rotatable bonds is 8. The Morgan fingerprint density at radius 2 is 2.15 bits per heavy atom. The molecule has 0 rings (SSSR count). The minimum atomic E-state index is -3.15. The molecule has 8 heteroatoms. The minimum absolute atomic E-state index is 0.406. The van der Waals surface area contributed by atoms with E-state index in [1.165, 1.54) is 0 Å². The topological polar surface area (TPSA) is 129 Å². The van der Waals surface area contributed by atoms with Crippen LogP contribution >= 0.6 is 0 Å². The number of hydrogen-bond acceptors (Lipinski definition) is 5. The number of hydrogen-bond donors (Lipinski definition) is 2. The van der Waals surface area contributed by atoms with E-state index in [0.717, 1.165) is 6.92 Å². The SMILES string of the molecule is [2H]C([2H])([2H])C(OC(=O)[C@H](CCC(=O)C=[N+]=[N-])NC(=O)[C@H](C)O)C([2H])([2H])[2H]. The fraction of sp³-hybridized carbons (Fsp3) is 0.667. The lowest BCUT2D eigenvalue weighted by molar-refractivity contribution is -0.152. The van der Waals surface area contributed by atoms with Crippen LogP contribution in [0.4, 0.5) is 0 Å². The lowest BCUT2D eigenvalue weighted by atomic mass is 10.1. The van der Waals surface area contributed by atoms with E-state index in [1.54, 1.807) is 0 Å². The summed E-state index contributed by atoms with van der Waals surface area (Å²) in [5, 5.41) is 11.2. The number of ketones is 1. The van der Waals surface area contributed by atoms with Crippen LogP contribution in [0.15, 0.2) is 0 Å². The monoisotopic (exact) mass is 291 g/mol. The Balaban J connectivity index is 5.37. The Morgan fingerprint density at radius 1 is 1.50 bits per heavy atom. The van der Waals surface area contributed by atoms with Crippen LogP contribution in [0, 0.1) is 0 Å². The van der Waals surface area contributed by atoms with Crippen LogP contribution in [-0.4, -0.2) is 52.0 Å². The molecule has 0 heterocycles. The molecule has 0 aromatic carbocycles. The first-order valence-electron chi connectivity index (χ1n) is 8.59. The maximum Gasteiger partial charge on any atom is 0.328 e. The highest BCUT2D eigenvalue weighted by Gasteiger charge is 2.25. The summed E-state index contributed by atoms with van der Waals surface area (Å²) >= 11 is 0. The largest absolute Gasteiger partial charge is 0.461 e. The fourth-order valence-electron chi connectivity index (χ4n) is 1.16. The lowest BCUT2D eigenvalue weighted by Gasteiger charge is -2.19. The van der Waals surface area contributed by atoms with Crippen LogP contribution in [0.5, 0.6) is 0 Å². The van der Waals surface area contributed by atoms with Gasteiger partial charge in [0.15, 0.2) is 0 Å². The third kappa shape index (κ3) is 7.40. The van der Waals surface area contributed by atoms with Crippen LogP contribution in [-0.2, 0) is 19.1 Å². The van der Waals surface area contributed by atoms with Gasteiger partial charge in [0.05, 0.1) is 6.10 Å². The molecule has 20 heavy (non-hydrogen) atoms. The quantitative estimate of drug-likeness (QED) is 0.268. The molecule has 0 aromatic heterocycles. The van der Waals surface area contributed by atoms with Gasteiger partial charge >= 0.3 is 12.2 Å². The average molecular weight is 291 g/mol. The van der Waals surface area contributed by atoms with Crippen LogP contribution < -0.4 is 5.32 Å². The Bertz CT molecular complexity index is 569. The van der Waals surface area contributed by atoms with Crippen molar-refractivity contribution in [2.24, 2.45) is 0 Å². The van der Waals surface area contributed by atoms with Gasteiger partial charge in [-0.2, -0.15) is 4.79 Å². The van der Waals surface area contributed by atoms with E-state index in [1.807, 2.05) is 5.32 Å². The average Bonchev–Trinajstić information content (AvgIpc) is 2.46. The first-order valence-corrected chi connectivity index (χ1v) is 5.59. The third-order valence-electron chi connectivity index (χ3n) is 2.10. The molecule has 0 saturated heterocycles. The first kappa shape index (κ1) is 9.79. The van der Waals surface area contributed by atoms with E-state index < -0.39 is 62.5 Å². The van der Waals surface area contributed by atoms with Crippen LogP contribution in [0.2, 0.25) is 0 Å². The Hall–Kier alpha value is -2.05. The number of nitrogens with zero attached hydrogens (tertiary/aromatic N) is 2. The standard InChI is InChI=1S/C12H19N3O5/c1-7(2)20-12(19)10(15-11(18)8(3)16)5-4-9(17)6-14-13/h6-8,10,16H,4-5H2,1-3H3,(H,15,18)/t8-,10-/m0/s1/i1D3,2D3. The van der Waals surface area contributed by atoms with Gasteiger partial charge in [0, 0.05) is 14.6 Å². The number of Topliss-reactive ketones (excluding diaryl/α,β-unsaturated/α-hetero) is 1. The zero-order chi connectivity index (χ0) is 20.7. The molecule has 0 saturated carbocycles. The summed E-state index contributed by atoms with van der Waals surface area (Å²) in [4.78, 5) is 37.5. The normalized spacial score (nSPS) is 18.8. The van der Waals surface area contributed by atoms with Crippen LogP contribution in [0.3, 0.4) is 0 Å². The molecule has 112 valence electrons. The van der Waals surface area contributed by atoms with Crippen molar-refractivity contribution >= 4 is 23.9 Å². The second-order valence-corrected chi connectivity index (χ2v) is 3.80. The van der Waals surface area contributed by atoms with E-state index in [-0.39, 0.29) is 0 Å². The first-order chi connectivity index (χ1) is 11.7. The number of ether oxygens (including phenoxy) is 1. The Morgan fingerprint density at radius 3 is 2.65 bits per heavy atom. The number of nitrogens with one attached hydrogen (secondary N) is 1. The summed E-state index contributed by atoms with van der Waals surface area (Å²) < 4.78 is 47.7. The van der Waals surface area contributed by atoms with Crippen LogP contribution in [0.1, 0.15) is 41.7 Å². The molecule has 0 aromatic rings. The molecule has 0 radical (unpaired) electrons. The number of carbonyl (C=O) groups is 3. The molecular weight excluding hydrogens is 266 g/mol. The van der Waals surface area contributed by atoms with Gasteiger partial charge in [-0.15, -0.1) is 0 Å². The molecule has 1 amide bonds. The maximum atomic E-state index is 12.2. The highest BCUT2D eigenvalue weighted by atomic mass is 16.5. The van der Waals surface area contributed by atoms with E-state index >= 15 is 0 Å². The summed E-state index contributed by atoms with van der Waals surface area (Å²) in [5.41, 5.74) is 8.26. The van der Waals surface area contributed by atoms with Crippen molar-refractivity contribution in [1.82, 2.24) is 5.32 Å². The second kappa shape index (κ2) is 8.95. The van der Waals surface area contributed by atoms with Gasteiger partial charge in [-0.3, -0.25) is 9.59 Å². The zero-order valence-electron chi connectivity index (χ0n) is 16.7. The molecule has 0 spiro atoms. The molecule has 0 aliphatic carbocycles. The van der Waals surface area contributed by atoms with Crippen molar-refractivity contribution in [3.05, 3.63) is 5.53 Å². The van der Waals surface area contributed by atoms with Gasteiger partial charge in [0.2, 0.25) is 11.7 Å². The van der Waals surface area contributed by atoms with Crippen molar-refractivity contribution in [1.29, 1.82) is 0 Å². The Labute approximate surface area is 125 Å². The molecule has 0 aliphatic rings. The van der Waals surface area contributed by atoms with Gasteiger partial charge in [0.1, 0.15) is 12.1 Å². The number of esters is 1. The molecule has 0 aliphatic heterocycles. The number of aliphatic hydroxyl groups excluding tert-OH is 1.